The molecule has 0 saturated carbocycles. The number of rotatable bonds is 2. The molecular weight excluding hydrogens is 213 g/mol. The minimum absolute atomic E-state index is 0.181. The van der Waals surface area contributed by atoms with Gasteiger partial charge < -0.3 is 0 Å². The Morgan fingerprint density at radius 3 is 2.53 bits per heavy atom. The topological polar surface area (TPSA) is 35.5 Å². The molecule has 0 radical (unpaired) electrons. The van der Waals surface area contributed by atoms with E-state index in [9.17, 15) is 18.0 Å². The van der Waals surface area contributed by atoms with E-state index in [1.807, 2.05) is 0 Å². The van der Waals surface area contributed by atoms with E-state index < -0.39 is 17.7 Å². The van der Waals surface area contributed by atoms with Crippen LogP contribution in [0, 0.1) is 0 Å². The Kier molecular flexibility index (Phi) is 3.18. The van der Waals surface area contributed by atoms with Crippen molar-refractivity contribution in [3.05, 3.63) is 29.8 Å². The highest BCUT2D eigenvalue weighted by molar-refractivity contribution is 5.65. The highest BCUT2D eigenvalue weighted by atomic mass is 19.4. The molecular formula is C9H7F3O3. The van der Waals surface area contributed by atoms with Crippen molar-refractivity contribution < 1.29 is 27.7 Å². The highest BCUT2D eigenvalue weighted by Crippen LogP contribution is 2.31. The summed E-state index contributed by atoms with van der Waals surface area (Å²) in [5.74, 6) is -0.924. The summed E-state index contributed by atoms with van der Waals surface area (Å²) >= 11 is 0. The minimum Gasteiger partial charge on any atom is -0.287 e. The van der Waals surface area contributed by atoms with Gasteiger partial charge in [0.25, 0.3) is 0 Å². The van der Waals surface area contributed by atoms with Gasteiger partial charge in [0.2, 0.25) is 0 Å². The summed E-state index contributed by atoms with van der Waals surface area (Å²) < 4.78 is 36.6. The average molecular weight is 220 g/mol. The lowest BCUT2D eigenvalue weighted by Crippen LogP contribution is -2.06. The molecule has 0 atom stereocenters. The molecule has 82 valence electrons. The van der Waals surface area contributed by atoms with Gasteiger partial charge in [-0.25, -0.2) is 4.79 Å². The smallest absolute Gasteiger partial charge is 0.287 e. The van der Waals surface area contributed by atoms with E-state index in [4.69, 9.17) is 0 Å². The Morgan fingerprint density at radius 2 is 2.00 bits per heavy atom. The van der Waals surface area contributed by atoms with Crippen LogP contribution in [0.1, 0.15) is 12.5 Å². The number of hydrogen-bond acceptors (Lipinski definition) is 3. The molecule has 0 amide bonds. The van der Waals surface area contributed by atoms with E-state index >= 15 is 0 Å². The molecule has 0 saturated heterocycles. The second-order valence-corrected chi connectivity index (χ2v) is 2.68. The molecule has 6 heteroatoms. The van der Waals surface area contributed by atoms with E-state index in [0.29, 0.717) is 0 Å². The fourth-order valence-corrected chi connectivity index (χ4v) is 0.831. The van der Waals surface area contributed by atoms with E-state index in [1.165, 1.54) is 6.07 Å². The Labute approximate surface area is 83.3 Å². The van der Waals surface area contributed by atoms with Crippen molar-refractivity contribution in [3.8, 4) is 5.75 Å². The predicted octanol–water partition coefficient (Wildman–Crippen LogP) is 2.56. The summed E-state index contributed by atoms with van der Waals surface area (Å²) in [6.45, 7) is 1.08. The van der Waals surface area contributed by atoms with E-state index in [1.54, 1.807) is 0 Å². The molecule has 3 nitrogen and oxygen atoms in total. The summed E-state index contributed by atoms with van der Waals surface area (Å²) in [4.78, 5) is 18.8. The van der Waals surface area contributed by atoms with Gasteiger partial charge in [0.1, 0.15) is 0 Å². The molecule has 0 aliphatic rings. The summed E-state index contributed by atoms with van der Waals surface area (Å²) in [6.07, 6.45) is -4.45. The maximum absolute atomic E-state index is 12.2. The van der Waals surface area contributed by atoms with Gasteiger partial charge in [0.15, 0.2) is 5.75 Å². The molecule has 0 unspecified atom stereocenters. The third kappa shape index (κ3) is 3.49. The Bertz CT molecular complexity index is 360. The molecule has 0 aliphatic carbocycles. The highest BCUT2D eigenvalue weighted by Gasteiger charge is 2.30. The van der Waals surface area contributed by atoms with Crippen LogP contribution in [0.5, 0.6) is 5.75 Å². The van der Waals surface area contributed by atoms with Crippen LogP contribution < -0.4 is 4.89 Å². The zero-order chi connectivity index (χ0) is 11.5. The first-order valence-electron chi connectivity index (χ1n) is 3.92. The molecule has 1 aromatic carbocycles. The number of halogens is 3. The van der Waals surface area contributed by atoms with Gasteiger partial charge in [-0.2, -0.15) is 13.2 Å². The monoisotopic (exact) mass is 220 g/mol. The minimum atomic E-state index is -4.45. The van der Waals surface area contributed by atoms with Crippen molar-refractivity contribution in [2.75, 3.05) is 0 Å². The normalized spacial score (nSPS) is 10.9. The molecule has 0 aliphatic heterocycles. The molecule has 15 heavy (non-hydrogen) atoms. The number of carbonyl (C=O) groups excluding carboxylic acids is 1. The summed E-state index contributed by atoms with van der Waals surface area (Å²) in [6, 6.07) is 4.03. The quantitative estimate of drug-likeness (QED) is 0.567. The van der Waals surface area contributed by atoms with Crippen LogP contribution in [-0.4, -0.2) is 5.97 Å². The van der Waals surface area contributed by atoms with Gasteiger partial charge in [-0.3, -0.25) is 9.78 Å². The van der Waals surface area contributed by atoms with Crippen molar-refractivity contribution in [2.45, 2.75) is 13.1 Å². The third-order valence-electron chi connectivity index (χ3n) is 1.42. The lowest BCUT2D eigenvalue weighted by atomic mass is 10.2. The van der Waals surface area contributed by atoms with Crippen LogP contribution in [0.3, 0.4) is 0 Å². The molecule has 0 aromatic heterocycles. The lowest BCUT2D eigenvalue weighted by molar-refractivity contribution is -0.211. The van der Waals surface area contributed by atoms with Crippen molar-refractivity contribution in [3.63, 3.8) is 0 Å². The zero-order valence-electron chi connectivity index (χ0n) is 7.67. The van der Waals surface area contributed by atoms with Gasteiger partial charge >= 0.3 is 12.1 Å². The second kappa shape index (κ2) is 4.20. The van der Waals surface area contributed by atoms with Crippen LogP contribution >= 0.6 is 0 Å². The van der Waals surface area contributed by atoms with E-state index in [0.717, 1.165) is 25.1 Å². The predicted molar refractivity (Wildman–Crippen MR) is 43.8 cm³/mol. The Morgan fingerprint density at radius 1 is 1.33 bits per heavy atom. The van der Waals surface area contributed by atoms with Crippen LogP contribution in [0.2, 0.25) is 0 Å². The Balaban J connectivity index is 2.79. The standard InChI is InChI=1S/C9H7F3O3/c1-6(13)14-15-8-4-2-3-7(5-8)9(10,11)12/h2-5H,1H3. The zero-order valence-corrected chi connectivity index (χ0v) is 7.67. The van der Waals surface area contributed by atoms with Crippen LogP contribution in [-0.2, 0) is 15.9 Å². The summed E-state index contributed by atoms with van der Waals surface area (Å²) in [5, 5.41) is 0. The Hall–Kier alpha value is -1.72. The largest absolute Gasteiger partial charge is 0.416 e. The van der Waals surface area contributed by atoms with Crippen molar-refractivity contribution in [1.29, 1.82) is 0 Å². The number of alkyl halides is 3. The third-order valence-corrected chi connectivity index (χ3v) is 1.42. The fraction of sp³-hybridized carbons (Fsp3) is 0.222. The van der Waals surface area contributed by atoms with Gasteiger partial charge in [0, 0.05) is 6.92 Å². The first-order chi connectivity index (χ1) is 6.89. The molecule has 0 N–H and O–H groups in total. The number of hydrogen-bond donors (Lipinski definition) is 0. The van der Waals surface area contributed by atoms with Gasteiger partial charge in [-0.1, -0.05) is 6.07 Å². The molecule has 1 aromatic rings. The fourth-order valence-electron chi connectivity index (χ4n) is 0.831. The molecule has 0 fully saturated rings. The summed E-state index contributed by atoms with van der Waals surface area (Å²) in [7, 11) is 0. The van der Waals surface area contributed by atoms with Crippen molar-refractivity contribution >= 4 is 5.97 Å². The number of benzene rings is 1. The summed E-state index contributed by atoms with van der Waals surface area (Å²) in [5.41, 5.74) is -0.868. The molecule has 0 heterocycles. The van der Waals surface area contributed by atoms with Crippen molar-refractivity contribution in [1.82, 2.24) is 0 Å². The van der Waals surface area contributed by atoms with Crippen molar-refractivity contribution in [2.24, 2.45) is 0 Å². The SMILES string of the molecule is CC(=O)OOc1cccc(C(F)(F)F)c1. The lowest BCUT2D eigenvalue weighted by Gasteiger charge is -2.07. The van der Waals surface area contributed by atoms with Crippen LogP contribution in [0.4, 0.5) is 13.2 Å². The molecule has 0 bridgehead atoms. The van der Waals surface area contributed by atoms with E-state index in [-0.39, 0.29) is 5.75 Å². The van der Waals surface area contributed by atoms with Crippen LogP contribution in [0.25, 0.3) is 0 Å². The second-order valence-electron chi connectivity index (χ2n) is 2.68. The van der Waals surface area contributed by atoms with Gasteiger partial charge in [0.05, 0.1) is 5.56 Å². The average Bonchev–Trinajstić information content (AvgIpc) is 2.14. The molecule has 1 rings (SSSR count). The first kappa shape index (κ1) is 11.4. The maximum atomic E-state index is 12.2. The maximum Gasteiger partial charge on any atom is 0.416 e. The van der Waals surface area contributed by atoms with Crippen LogP contribution in [0.15, 0.2) is 24.3 Å². The van der Waals surface area contributed by atoms with Gasteiger partial charge in [-0.15, -0.1) is 0 Å². The van der Waals surface area contributed by atoms with E-state index in [2.05, 4.69) is 9.78 Å². The van der Waals surface area contributed by atoms with Gasteiger partial charge in [-0.05, 0) is 18.2 Å². The number of carbonyl (C=O) groups is 1. The molecule has 0 spiro atoms. The first-order valence-corrected chi connectivity index (χ1v) is 3.92.